The van der Waals surface area contributed by atoms with E-state index in [1.54, 1.807) is 24.3 Å². The molecule has 0 aliphatic heterocycles. The summed E-state index contributed by atoms with van der Waals surface area (Å²) in [6.07, 6.45) is -7.11. The topological polar surface area (TPSA) is 48.4 Å². The fraction of sp³-hybridized carbons (Fsp3) is 0.280. The van der Waals surface area contributed by atoms with Crippen LogP contribution in [0.2, 0.25) is 5.04 Å². The SMILES string of the molecule is COC(=O)c1cccc(C(O[Si](c2ccccc2)(c2ccccc2)C(C)(C)C)C(F)(F)F)n1. The van der Waals surface area contributed by atoms with Gasteiger partial charge in [-0.05, 0) is 27.5 Å². The number of carbonyl (C=O) groups excluding carboxylic acids is 1. The average Bonchev–Trinajstić information content (AvgIpc) is 2.79. The molecule has 3 rings (SSSR count). The van der Waals surface area contributed by atoms with Crippen molar-refractivity contribution in [3.8, 4) is 0 Å². The Labute approximate surface area is 192 Å². The highest BCUT2D eigenvalue weighted by atomic mass is 28.4. The zero-order valence-electron chi connectivity index (χ0n) is 18.9. The molecular weight excluding hydrogens is 447 g/mol. The average molecular weight is 474 g/mol. The minimum absolute atomic E-state index is 0.213. The monoisotopic (exact) mass is 473 g/mol. The molecule has 4 nitrogen and oxygen atoms in total. The highest BCUT2D eigenvalue weighted by molar-refractivity contribution is 6.99. The smallest absolute Gasteiger partial charge is 0.419 e. The van der Waals surface area contributed by atoms with E-state index in [4.69, 9.17) is 4.43 Å². The lowest BCUT2D eigenvalue weighted by molar-refractivity contribution is -0.201. The van der Waals surface area contributed by atoms with Gasteiger partial charge in [0, 0.05) is 0 Å². The molecule has 0 aliphatic rings. The van der Waals surface area contributed by atoms with Crippen LogP contribution in [0, 0.1) is 0 Å². The lowest BCUT2D eigenvalue weighted by Crippen LogP contribution is -2.67. The minimum atomic E-state index is -4.77. The van der Waals surface area contributed by atoms with Gasteiger partial charge in [-0.25, -0.2) is 9.78 Å². The van der Waals surface area contributed by atoms with Crippen LogP contribution in [0.3, 0.4) is 0 Å². The predicted molar refractivity (Wildman–Crippen MR) is 123 cm³/mol. The summed E-state index contributed by atoms with van der Waals surface area (Å²) in [6, 6.07) is 22.0. The lowest BCUT2D eigenvalue weighted by Gasteiger charge is -2.45. The van der Waals surface area contributed by atoms with Gasteiger partial charge in [0.2, 0.25) is 0 Å². The van der Waals surface area contributed by atoms with Crippen molar-refractivity contribution in [2.75, 3.05) is 7.11 Å². The summed E-state index contributed by atoms with van der Waals surface area (Å²) in [5, 5.41) is 0.753. The fourth-order valence-electron chi connectivity index (χ4n) is 3.98. The summed E-state index contributed by atoms with van der Waals surface area (Å²) in [6.45, 7) is 5.68. The maximum Gasteiger partial charge on any atom is 0.419 e. The molecule has 33 heavy (non-hydrogen) atoms. The summed E-state index contributed by atoms with van der Waals surface area (Å²) < 4.78 is 54.5. The first-order chi connectivity index (χ1) is 15.5. The zero-order valence-corrected chi connectivity index (χ0v) is 19.9. The number of pyridine rings is 1. The number of methoxy groups -OCH3 is 1. The number of esters is 1. The third-order valence-electron chi connectivity index (χ3n) is 5.44. The third-order valence-corrected chi connectivity index (χ3v) is 10.4. The molecule has 0 spiro atoms. The van der Waals surface area contributed by atoms with E-state index in [2.05, 4.69) is 9.72 Å². The van der Waals surface area contributed by atoms with Crippen molar-refractivity contribution >= 4 is 24.7 Å². The standard InChI is InChI=1S/C25H26F3NO3Si/c1-24(2,3)33(18-12-7-5-8-13-18,19-14-9-6-10-15-19)32-22(25(26,27)28)20-16-11-17-21(29-20)23(30)31-4/h5-17,22H,1-4H3. The van der Waals surface area contributed by atoms with Gasteiger partial charge >= 0.3 is 12.1 Å². The fourth-order valence-corrected chi connectivity index (χ4v) is 8.60. The second-order valence-electron chi connectivity index (χ2n) is 8.64. The normalized spacial score (nSPS) is 13.4. The Balaban J connectivity index is 2.27. The molecule has 1 atom stereocenters. The number of hydrogen-bond donors (Lipinski definition) is 0. The van der Waals surface area contributed by atoms with Crippen molar-refractivity contribution < 1.29 is 27.1 Å². The number of rotatable bonds is 6. The molecular formula is C25H26F3NO3Si. The van der Waals surface area contributed by atoms with Crippen LogP contribution in [-0.2, 0) is 9.16 Å². The number of ether oxygens (including phenoxy) is 1. The summed E-state index contributed by atoms with van der Waals surface area (Å²) in [5.74, 6) is -0.816. The van der Waals surface area contributed by atoms with Crippen LogP contribution in [-0.4, -0.2) is 32.6 Å². The zero-order chi connectivity index (χ0) is 24.3. The number of halogens is 3. The second-order valence-corrected chi connectivity index (χ2v) is 12.9. The third kappa shape index (κ3) is 5.01. The van der Waals surface area contributed by atoms with Crippen molar-refractivity contribution in [3.05, 3.63) is 90.3 Å². The van der Waals surface area contributed by atoms with Crippen molar-refractivity contribution in [1.82, 2.24) is 4.98 Å². The number of alkyl halides is 3. The molecule has 0 bridgehead atoms. The van der Waals surface area contributed by atoms with Gasteiger partial charge in [-0.2, -0.15) is 13.2 Å². The number of hydrogen-bond acceptors (Lipinski definition) is 4. The van der Waals surface area contributed by atoms with E-state index in [9.17, 15) is 18.0 Å². The van der Waals surface area contributed by atoms with Crippen molar-refractivity contribution in [2.24, 2.45) is 0 Å². The van der Waals surface area contributed by atoms with Gasteiger partial charge in [-0.3, -0.25) is 0 Å². The van der Waals surface area contributed by atoms with Gasteiger partial charge in [0.25, 0.3) is 8.32 Å². The molecule has 1 heterocycles. The van der Waals surface area contributed by atoms with Crippen LogP contribution in [0.15, 0.2) is 78.9 Å². The van der Waals surface area contributed by atoms with Gasteiger partial charge in [-0.15, -0.1) is 0 Å². The van der Waals surface area contributed by atoms with E-state index in [1.807, 2.05) is 57.2 Å². The van der Waals surface area contributed by atoms with Crippen molar-refractivity contribution in [2.45, 2.75) is 38.1 Å². The van der Waals surface area contributed by atoms with E-state index in [-0.39, 0.29) is 5.69 Å². The van der Waals surface area contributed by atoms with Gasteiger partial charge in [0.15, 0.2) is 6.10 Å². The van der Waals surface area contributed by atoms with E-state index < -0.39 is 37.3 Å². The van der Waals surface area contributed by atoms with E-state index >= 15 is 0 Å². The maximum absolute atomic E-state index is 14.5. The first kappa shape index (κ1) is 24.7. The lowest BCUT2D eigenvalue weighted by atomic mass is 10.2. The van der Waals surface area contributed by atoms with E-state index in [0.29, 0.717) is 10.4 Å². The van der Waals surface area contributed by atoms with Gasteiger partial charge in [0.05, 0.1) is 12.8 Å². The van der Waals surface area contributed by atoms with Gasteiger partial charge < -0.3 is 9.16 Å². The number of carbonyl (C=O) groups is 1. The molecule has 8 heteroatoms. The molecule has 0 radical (unpaired) electrons. The predicted octanol–water partition coefficient (Wildman–Crippen LogP) is 5.05. The molecule has 1 aromatic heterocycles. The molecule has 3 aromatic rings. The highest BCUT2D eigenvalue weighted by Crippen LogP contribution is 2.44. The maximum atomic E-state index is 14.5. The molecule has 0 saturated carbocycles. The molecule has 2 aromatic carbocycles. The number of nitrogens with zero attached hydrogens (tertiary/aromatic N) is 1. The number of benzene rings is 2. The Morgan fingerprint density at radius 2 is 1.36 bits per heavy atom. The molecule has 1 unspecified atom stereocenters. The Bertz CT molecular complexity index is 1040. The van der Waals surface area contributed by atoms with Crippen LogP contribution < -0.4 is 10.4 Å². The van der Waals surface area contributed by atoms with Crippen LogP contribution in [0.25, 0.3) is 0 Å². The largest absolute Gasteiger partial charge is 0.464 e. The summed E-state index contributed by atoms with van der Waals surface area (Å²) >= 11 is 0. The molecule has 0 saturated heterocycles. The summed E-state index contributed by atoms with van der Waals surface area (Å²) in [7, 11) is -2.38. The Hall–Kier alpha value is -2.97. The van der Waals surface area contributed by atoms with Gasteiger partial charge in [0.1, 0.15) is 5.69 Å². The van der Waals surface area contributed by atoms with Crippen LogP contribution in [0.5, 0.6) is 0 Å². The molecule has 0 amide bonds. The first-order valence-electron chi connectivity index (χ1n) is 10.4. The van der Waals surface area contributed by atoms with E-state index in [0.717, 1.165) is 7.11 Å². The van der Waals surface area contributed by atoms with Gasteiger partial charge in [-0.1, -0.05) is 87.5 Å². The van der Waals surface area contributed by atoms with Crippen LogP contribution in [0.4, 0.5) is 13.2 Å². The molecule has 0 fully saturated rings. The number of aromatic nitrogens is 1. The highest BCUT2D eigenvalue weighted by Gasteiger charge is 2.56. The molecule has 0 aliphatic carbocycles. The Morgan fingerprint density at radius 3 is 1.79 bits per heavy atom. The molecule has 0 N–H and O–H groups in total. The Morgan fingerprint density at radius 1 is 0.848 bits per heavy atom. The van der Waals surface area contributed by atoms with Crippen molar-refractivity contribution in [3.63, 3.8) is 0 Å². The first-order valence-corrected chi connectivity index (χ1v) is 12.3. The van der Waals surface area contributed by atoms with E-state index in [1.165, 1.54) is 18.2 Å². The van der Waals surface area contributed by atoms with Crippen LogP contribution >= 0.6 is 0 Å². The van der Waals surface area contributed by atoms with Crippen LogP contribution in [0.1, 0.15) is 43.1 Å². The minimum Gasteiger partial charge on any atom is -0.464 e. The summed E-state index contributed by atoms with van der Waals surface area (Å²) in [5.41, 5.74) is -0.603. The molecule has 174 valence electrons. The summed E-state index contributed by atoms with van der Waals surface area (Å²) in [4.78, 5) is 15.9. The van der Waals surface area contributed by atoms with Crippen molar-refractivity contribution in [1.29, 1.82) is 0 Å². The second kappa shape index (κ2) is 9.49. The quantitative estimate of drug-likeness (QED) is 0.371. The Kier molecular flexibility index (Phi) is 7.09.